The maximum atomic E-state index is 14.2. The van der Waals surface area contributed by atoms with E-state index in [0.29, 0.717) is 23.3 Å². The van der Waals surface area contributed by atoms with Gasteiger partial charge in [-0.1, -0.05) is 12.1 Å². The third kappa shape index (κ3) is 4.02. The molecule has 2 N–H and O–H groups in total. The van der Waals surface area contributed by atoms with Crippen LogP contribution in [-0.4, -0.2) is 25.8 Å². The summed E-state index contributed by atoms with van der Waals surface area (Å²) in [4.78, 5) is 28.3. The van der Waals surface area contributed by atoms with E-state index in [4.69, 9.17) is 0 Å². The Hall–Kier alpha value is -3.48. The number of dihydropyridines is 1. The largest absolute Gasteiger partial charge is 0.378 e. The van der Waals surface area contributed by atoms with E-state index < -0.39 is 23.5 Å². The summed E-state index contributed by atoms with van der Waals surface area (Å²) in [5.74, 6) is -2.69. The highest BCUT2D eigenvalue weighted by molar-refractivity contribution is 6.09. The lowest BCUT2D eigenvalue weighted by atomic mass is 9.75. The molecule has 32 heavy (non-hydrogen) atoms. The van der Waals surface area contributed by atoms with E-state index in [2.05, 4.69) is 10.6 Å². The molecule has 0 radical (unpaired) electrons. The molecule has 0 aromatic heterocycles. The first-order valence-corrected chi connectivity index (χ1v) is 10.5. The fourth-order valence-corrected chi connectivity index (χ4v) is 4.36. The molecule has 1 amide bonds. The van der Waals surface area contributed by atoms with Crippen LogP contribution in [0.15, 0.2) is 65.0 Å². The highest BCUT2D eigenvalue weighted by Crippen LogP contribution is 2.42. The first kappa shape index (κ1) is 21.7. The molecule has 2 aromatic rings. The van der Waals surface area contributed by atoms with E-state index in [9.17, 15) is 18.4 Å². The molecular formula is C25H25F2N3O2. The molecule has 0 fully saturated rings. The molecule has 2 aromatic carbocycles. The Morgan fingerprint density at radius 2 is 1.81 bits per heavy atom. The number of benzene rings is 2. The summed E-state index contributed by atoms with van der Waals surface area (Å²) in [5.41, 5.74) is 4.07. The predicted molar refractivity (Wildman–Crippen MR) is 120 cm³/mol. The minimum atomic E-state index is -0.860. The quantitative estimate of drug-likeness (QED) is 0.732. The molecule has 0 spiro atoms. The maximum Gasteiger partial charge on any atom is 0.254 e. The van der Waals surface area contributed by atoms with Gasteiger partial charge in [-0.05, 0) is 49.6 Å². The van der Waals surface area contributed by atoms with Crippen LogP contribution in [0.25, 0.3) is 0 Å². The van der Waals surface area contributed by atoms with Gasteiger partial charge >= 0.3 is 0 Å². The topological polar surface area (TPSA) is 61.4 Å². The van der Waals surface area contributed by atoms with Crippen molar-refractivity contribution in [3.8, 4) is 0 Å². The number of halogens is 2. The second kappa shape index (κ2) is 8.57. The van der Waals surface area contributed by atoms with Crippen LogP contribution < -0.4 is 15.5 Å². The van der Waals surface area contributed by atoms with Gasteiger partial charge in [-0.15, -0.1) is 0 Å². The number of hydrogen-bond acceptors (Lipinski definition) is 4. The fourth-order valence-electron chi connectivity index (χ4n) is 4.36. The minimum absolute atomic E-state index is 0.00574. The lowest BCUT2D eigenvalue weighted by molar-refractivity contribution is -0.116. The van der Waals surface area contributed by atoms with Crippen LogP contribution in [0.1, 0.15) is 37.7 Å². The number of hydrogen-bond donors (Lipinski definition) is 2. The number of rotatable bonds is 4. The Kier molecular flexibility index (Phi) is 5.82. The van der Waals surface area contributed by atoms with E-state index in [1.807, 2.05) is 43.3 Å². The van der Waals surface area contributed by atoms with Crippen LogP contribution in [0.4, 0.5) is 20.2 Å². The molecule has 1 heterocycles. The third-order valence-corrected chi connectivity index (χ3v) is 5.94. The number of nitrogens with one attached hydrogen (secondary N) is 2. The number of amides is 1. The van der Waals surface area contributed by atoms with Gasteiger partial charge < -0.3 is 15.5 Å². The summed E-state index contributed by atoms with van der Waals surface area (Å²) >= 11 is 0. The normalized spacial score (nSPS) is 18.3. The fraction of sp³-hybridized carbons (Fsp3) is 0.280. The van der Waals surface area contributed by atoms with E-state index in [0.717, 1.165) is 41.9 Å². The third-order valence-electron chi connectivity index (χ3n) is 5.94. The smallest absolute Gasteiger partial charge is 0.254 e. The Morgan fingerprint density at radius 1 is 1.09 bits per heavy atom. The van der Waals surface area contributed by atoms with Gasteiger partial charge in [0, 0.05) is 60.7 Å². The molecule has 7 heteroatoms. The van der Waals surface area contributed by atoms with Crippen LogP contribution in [0.2, 0.25) is 0 Å². The standard InChI is InChI=1S/C25H25F2N3O2/c1-14-22(25(32)29-19-12-9-16(26)13-18(19)27)23(15-7-10-17(11-8-15)30(2)3)24-20(28-14)5-4-6-21(24)31/h7-13,23,28H,4-6H2,1-3H3,(H,29,32). The molecule has 1 aliphatic heterocycles. The van der Waals surface area contributed by atoms with Gasteiger partial charge in [-0.25, -0.2) is 8.78 Å². The first-order valence-electron chi connectivity index (χ1n) is 10.5. The highest BCUT2D eigenvalue weighted by atomic mass is 19.1. The Labute approximate surface area is 185 Å². The SMILES string of the molecule is CC1=C(C(=O)Nc2ccc(F)cc2F)C(c2ccc(N(C)C)cc2)C2=C(CCCC2=O)N1. The zero-order valence-corrected chi connectivity index (χ0v) is 18.3. The summed E-state index contributed by atoms with van der Waals surface area (Å²) in [6, 6.07) is 10.7. The Morgan fingerprint density at radius 3 is 2.47 bits per heavy atom. The lowest BCUT2D eigenvalue weighted by Gasteiger charge is -2.34. The van der Waals surface area contributed by atoms with Crippen molar-refractivity contribution < 1.29 is 18.4 Å². The van der Waals surface area contributed by atoms with Gasteiger partial charge in [0.05, 0.1) is 5.69 Å². The van der Waals surface area contributed by atoms with Crippen LogP contribution in [0.3, 0.4) is 0 Å². The first-order chi connectivity index (χ1) is 15.3. The molecule has 4 rings (SSSR count). The zero-order valence-electron chi connectivity index (χ0n) is 18.3. The van der Waals surface area contributed by atoms with Crippen molar-refractivity contribution in [1.82, 2.24) is 5.32 Å². The van der Waals surface area contributed by atoms with Crippen LogP contribution in [0.5, 0.6) is 0 Å². The van der Waals surface area contributed by atoms with Gasteiger partial charge in [0.15, 0.2) is 5.78 Å². The summed E-state index contributed by atoms with van der Waals surface area (Å²) in [6.07, 6.45) is 1.91. The number of carbonyl (C=O) groups is 2. The Bertz CT molecular complexity index is 1150. The van der Waals surface area contributed by atoms with Crippen LogP contribution >= 0.6 is 0 Å². The molecular weight excluding hydrogens is 412 g/mol. The monoisotopic (exact) mass is 437 g/mol. The molecule has 0 bridgehead atoms. The Balaban J connectivity index is 1.78. The number of nitrogens with zero attached hydrogens (tertiary/aromatic N) is 1. The minimum Gasteiger partial charge on any atom is -0.378 e. The van der Waals surface area contributed by atoms with E-state index in [1.165, 1.54) is 6.07 Å². The number of allylic oxidation sites excluding steroid dienone is 3. The van der Waals surface area contributed by atoms with Crippen LogP contribution in [0, 0.1) is 11.6 Å². The lowest BCUT2D eigenvalue weighted by Crippen LogP contribution is -2.35. The zero-order chi connectivity index (χ0) is 23.0. The van der Waals surface area contributed by atoms with Crippen molar-refractivity contribution in [2.75, 3.05) is 24.3 Å². The summed E-state index contributed by atoms with van der Waals surface area (Å²) in [6.45, 7) is 1.78. The van der Waals surface area contributed by atoms with Gasteiger partial charge in [-0.3, -0.25) is 9.59 Å². The van der Waals surface area contributed by atoms with Gasteiger partial charge in [0.1, 0.15) is 11.6 Å². The average Bonchev–Trinajstić information content (AvgIpc) is 2.75. The number of Topliss-reactive ketones (excluding diaryl/α,β-unsaturated/α-hetero) is 1. The number of ketones is 1. The average molecular weight is 437 g/mol. The van der Waals surface area contributed by atoms with E-state index in [1.54, 1.807) is 6.92 Å². The molecule has 1 atom stereocenters. The molecule has 1 aliphatic carbocycles. The van der Waals surface area contributed by atoms with Gasteiger partial charge in [-0.2, -0.15) is 0 Å². The van der Waals surface area contributed by atoms with Crippen molar-refractivity contribution >= 4 is 23.1 Å². The number of anilines is 2. The summed E-state index contributed by atoms with van der Waals surface area (Å²) in [7, 11) is 3.87. The van der Waals surface area contributed by atoms with Crippen molar-refractivity contribution in [2.45, 2.75) is 32.1 Å². The molecule has 0 saturated heterocycles. The molecule has 0 saturated carbocycles. The van der Waals surface area contributed by atoms with E-state index >= 15 is 0 Å². The van der Waals surface area contributed by atoms with Crippen LogP contribution in [-0.2, 0) is 9.59 Å². The predicted octanol–water partition coefficient (Wildman–Crippen LogP) is 4.64. The summed E-state index contributed by atoms with van der Waals surface area (Å²) < 4.78 is 27.5. The van der Waals surface area contributed by atoms with Crippen molar-refractivity contribution in [1.29, 1.82) is 0 Å². The van der Waals surface area contributed by atoms with Crippen molar-refractivity contribution in [2.24, 2.45) is 0 Å². The molecule has 1 unspecified atom stereocenters. The second-order valence-electron chi connectivity index (χ2n) is 8.33. The maximum absolute atomic E-state index is 14.2. The van der Waals surface area contributed by atoms with Gasteiger partial charge in [0.2, 0.25) is 0 Å². The highest BCUT2D eigenvalue weighted by Gasteiger charge is 2.38. The summed E-state index contributed by atoms with van der Waals surface area (Å²) in [5, 5.41) is 5.79. The van der Waals surface area contributed by atoms with Crippen molar-refractivity contribution in [3.63, 3.8) is 0 Å². The van der Waals surface area contributed by atoms with E-state index in [-0.39, 0.29) is 11.5 Å². The second-order valence-corrected chi connectivity index (χ2v) is 8.33. The molecule has 2 aliphatic rings. The molecule has 166 valence electrons. The van der Waals surface area contributed by atoms with Gasteiger partial charge in [0.25, 0.3) is 5.91 Å². The number of carbonyl (C=O) groups excluding carboxylic acids is 2. The molecule has 5 nitrogen and oxygen atoms in total. The van der Waals surface area contributed by atoms with Crippen molar-refractivity contribution in [3.05, 3.63) is 82.2 Å².